The van der Waals surface area contributed by atoms with Gasteiger partial charge in [-0.25, -0.2) is 8.91 Å². The van der Waals surface area contributed by atoms with Crippen molar-refractivity contribution in [2.75, 3.05) is 0 Å². The lowest BCUT2D eigenvalue weighted by atomic mass is 9.71. The summed E-state index contributed by atoms with van der Waals surface area (Å²) in [5.41, 5.74) is 1.92. The van der Waals surface area contributed by atoms with Gasteiger partial charge in [0.25, 0.3) is 11.5 Å². The number of fused-ring (bicyclic) bond motifs is 2. The van der Waals surface area contributed by atoms with Crippen molar-refractivity contribution in [3.05, 3.63) is 106 Å². The number of nitrogens with one attached hydrogen (secondary N) is 2. The monoisotopic (exact) mass is 452 g/mol. The average molecular weight is 452 g/mol. The fourth-order valence-electron chi connectivity index (χ4n) is 4.68. The van der Waals surface area contributed by atoms with E-state index in [4.69, 9.17) is 0 Å². The molecule has 0 radical (unpaired) electrons. The first-order chi connectivity index (χ1) is 16.5. The summed E-state index contributed by atoms with van der Waals surface area (Å²) in [5.74, 6) is -0.675. The fourth-order valence-corrected chi connectivity index (χ4v) is 4.68. The number of carbonyl (C=O) groups excluding carboxylic acids is 1. The molecule has 1 aliphatic rings. The van der Waals surface area contributed by atoms with Gasteiger partial charge in [-0.15, -0.1) is 0 Å². The number of amides is 1. The number of nitrogens with zero attached hydrogens (tertiary/aromatic N) is 2. The summed E-state index contributed by atoms with van der Waals surface area (Å²) in [4.78, 5) is 28.8. The van der Waals surface area contributed by atoms with Crippen molar-refractivity contribution in [3.8, 4) is 11.3 Å². The van der Waals surface area contributed by atoms with Crippen molar-refractivity contribution >= 4 is 22.2 Å². The molecule has 0 spiro atoms. The first kappa shape index (κ1) is 20.4. The first-order valence-electron chi connectivity index (χ1n) is 11.2. The largest absolute Gasteiger partial charge is 0.341 e. The molecular formula is C27H21FN4O2. The van der Waals surface area contributed by atoms with Crippen LogP contribution in [0, 0.1) is 5.82 Å². The number of rotatable bonds is 4. The van der Waals surface area contributed by atoms with Gasteiger partial charge in [0.2, 0.25) is 0 Å². The van der Waals surface area contributed by atoms with Gasteiger partial charge in [0.1, 0.15) is 11.3 Å². The second-order valence-electron chi connectivity index (χ2n) is 8.81. The second kappa shape index (κ2) is 7.66. The highest BCUT2D eigenvalue weighted by Crippen LogP contribution is 2.41. The standard InChI is InChI=1S/C27H21FN4O2/c28-21-10-8-20(9-11-21)27(12-3-13-27)30-25(33)22-15-24-26(34)29-23(16-32(24)31-22)19-7-6-17-4-1-2-5-18(17)14-19/h1-2,4-11,14-16H,3,12-13H2,(H,29,34)(H,30,33). The zero-order valence-electron chi connectivity index (χ0n) is 18.2. The number of hydrogen-bond donors (Lipinski definition) is 2. The lowest BCUT2D eigenvalue weighted by molar-refractivity contribution is 0.0817. The van der Waals surface area contributed by atoms with Crippen LogP contribution >= 0.6 is 0 Å². The summed E-state index contributed by atoms with van der Waals surface area (Å²) in [6.45, 7) is 0. The van der Waals surface area contributed by atoms with Gasteiger partial charge in [0.15, 0.2) is 5.69 Å². The van der Waals surface area contributed by atoms with Gasteiger partial charge in [-0.2, -0.15) is 5.10 Å². The fraction of sp³-hybridized carbons (Fsp3) is 0.148. The minimum absolute atomic E-state index is 0.162. The van der Waals surface area contributed by atoms with Crippen molar-refractivity contribution < 1.29 is 9.18 Å². The van der Waals surface area contributed by atoms with Crippen molar-refractivity contribution in [2.24, 2.45) is 0 Å². The third kappa shape index (κ3) is 3.37. The number of aromatic nitrogens is 3. The minimum Gasteiger partial charge on any atom is -0.341 e. The molecule has 1 amide bonds. The summed E-state index contributed by atoms with van der Waals surface area (Å²) in [7, 11) is 0. The normalized spacial score (nSPS) is 14.7. The lowest BCUT2D eigenvalue weighted by Gasteiger charge is -2.43. The molecule has 0 bridgehead atoms. The van der Waals surface area contributed by atoms with E-state index in [2.05, 4.69) is 15.4 Å². The second-order valence-corrected chi connectivity index (χ2v) is 8.81. The molecule has 5 aromatic rings. The molecular weight excluding hydrogens is 431 g/mol. The van der Waals surface area contributed by atoms with Gasteiger partial charge in [-0.1, -0.05) is 48.5 Å². The lowest BCUT2D eigenvalue weighted by Crippen LogP contribution is -2.50. The number of halogens is 1. The minimum atomic E-state index is -0.538. The maximum atomic E-state index is 13.4. The maximum absolute atomic E-state index is 13.4. The van der Waals surface area contributed by atoms with Crippen LogP contribution < -0.4 is 10.9 Å². The van der Waals surface area contributed by atoms with E-state index < -0.39 is 5.54 Å². The van der Waals surface area contributed by atoms with Gasteiger partial charge in [-0.05, 0) is 53.8 Å². The van der Waals surface area contributed by atoms with Gasteiger partial charge in [0, 0.05) is 11.6 Å². The van der Waals surface area contributed by atoms with E-state index in [1.807, 2.05) is 42.5 Å². The molecule has 2 aromatic heterocycles. The molecule has 168 valence electrons. The number of hydrogen-bond acceptors (Lipinski definition) is 3. The molecule has 0 aliphatic heterocycles. The topological polar surface area (TPSA) is 79.3 Å². The summed E-state index contributed by atoms with van der Waals surface area (Å²) in [5, 5.41) is 9.65. The molecule has 1 fully saturated rings. The van der Waals surface area contributed by atoms with E-state index in [0.717, 1.165) is 41.2 Å². The van der Waals surface area contributed by atoms with Crippen LogP contribution in [0.5, 0.6) is 0 Å². The number of carbonyl (C=O) groups is 1. The van der Waals surface area contributed by atoms with E-state index in [0.29, 0.717) is 11.2 Å². The van der Waals surface area contributed by atoms with Crippen molar-refractivity contribution in [1.82, 2.24) is 19.9 Å². The van der Waals surface area contributed by atoms with Crippen LogP contribution in [-0.2, 0) is 5.54 Å². The quantitative estimate of drug-likeness (QED) is 0.412. The van der Waals surface area contributed by atoms with Crippen molar-refractivity contribution in [1.29, 1.82) is 0 Å². The molecule has 6 nitrogen and oxygen atoms in total. The van der Waals surface area contributed by atoms with Crippen LogP contribution in [0.25, 0.3) is 27.5 Å². The Kier molecular flexibility index (Phi) is 4.58. The van der Waals surface area contributed by atoms with Gasteiger partial charge < -0.3 is 10.3 Å². The Morgan fingerprint density at radius 3 is 2.50 bits per heavy atom. The average Bonchev–Trinajstić information content (AvgIpc) is 3.27. The summed E-state index contributed by atoms with van der Waals surface area (Å²) < 4.78 is 14.8. The zero-order valence-corrected chi connectivity index (χ0v) is 18.2. The molecule has 0 saturated heterocycles. The van der Waals surface area contributed by atoms with Crippen molar-refractivity contribution in [3.63, 3.8) is 0 Å². The van der Waals surface area contributed by atoms with Crippen LogP contribution in [0.3, 0.4) is 0 Å². The smallest absolute Gasteiger partial charge is 0.274 e. The van der Waals surface area contributed by atoms with E-state index in [1.165, 1.54) is 22.7 Å². The SMILES string of the molecule is O=C(NC1(c2ccc(F)cc2)CCC1)c1cc2c(=O)[nH]c(-c3ccc4ccccc4c3)cn2n1. The van der Waals surface area contributed by atoms with Crippen LogP contribution in [0.1, 0.15) is 35.3 Å². The summed E-state index contributed by atoms with van der Waals surface area (Å²) in [6.07, 6.45) is 4.23. The van der Waals surface area contributed by atoms with E-state index in [9.17, 15) is 14.0 Å². The first-order valence-corrected chi connectivity index (χ1v) is 11.2. The Hall–Kier alpha value is -4.26. The van der Waals surface area contributed by atoms with E-state index >= 15 is 0 Å². The molecule has 34 heavy (non-hydrogen) atoms. The van der Waals surface area contributed by atoms with Crippen LogP contribution in [0.15, 0.2) is 83.8 Å². The molecule has 1 saturated carbocycles. The Labute approximate surface area is 194 Å². The Morgan fingerprint density at radius 1 is 1.00 bits per heavy atom. The molecule has 0 atom stereocenters. The third-order valence-corrected chi connectivity index (χ3v) is 6.72. The van der Waals surface area contributed by atoms with Crippen LogP contribution in [0.2, 0.25) is 0 Å². The number of benzene rings is 3. The predicted octanol–water partition coefficient (Wildman–Crippen LogP) is 4.79. The highest BCUT2D eigenvalue weighted by Gasteiger charge is 2.40. The molecule has 7 heteroatoms. The molecule has 6 rings (SSSR count). The highest BCUT2D eigenvalue weighted by molar-refractivity contribution is 5.94. The molecule has 3 aromatic carbocycles. The summed E-state index contributed by atoms with van der Waals surface area (Å²) >= 11 is 0. The molecule has 0 unspecified atom stereocenters. The van der Waals surface area contributed by atoms with Gasteiger partial charge in [0.05, 0.1) is 17.4 Å². The molecule has 1 aliphatic carbocycles. The Morgan fingerprint density at radius 2 is 1.76 bits per heavy atom. The van der Waals surface area contributed by atoms with E-state index in [-0.39, 0.29) is 23.0 Å². The van der Waals surface area contributed by atoms with Gasteiger partial charge >= 0.3 is 0 Å². The van der Waals surface area contributed by atoms with E-state index in [1.54, 1.807) is 18.3 Å². The van der Waals surface area contributed by atoms with Crippen molar-refractivity contribution in [2.45, 2.75) is 24.8 Å². The number of H-pyrrole nitrogens is 1. The zero-order chi connectivity index (χ0) is 23.3. The van der Waals surface area contributed by atoms with Crippen LogP contribution in [0.4, 0.5) is 4.39 Å². The predicted molar refractivity (Wildman–Crippen MR) is 128 cm³/mol. The summed E-state index contributed by atoms with van der Waals surface area (Å²) in [6, 6.07) is 21.7. The third-order valence-electron chi connectivity index (χ3n) is 6.72. The highest BCUT2D eigenvalue weighted by atomic mass is 19.1. The number of aromatic amines is 1. The Balaban J connectivity index is 1.33. The molecule has 2 N–H and O–H groups in total. The van der Waals surface area contributed by atoms with Gasteiger partial charge in [-0.3, -0.25) is 9.59 Å². The maximum Gasteiger partial charge on any atom is 0.274 e. The Bertz CT molecular complexity index is 1610. The van der Waals surface area contributed by atoms with Crippen LogP contribution in [-0.4, -0.2) is 20.5 Å². The molecule has 2 heterocycles.